The van der Waals surface area contributed by atoms with Crippen molar-refractivity contribution in [3.63, 3.8) is 0 Å². The van der Waals surface area contributed by atoms with Crippen LogP contribution in [0.25, 0.3) is 5.57 Å². The molecule has 0 radical (unpaired) electrons. The lowest BCUT2D eigenvalue weighted by Gasteiger charge is -2.22. The predicted octanol–water partition coefficient (Wildman–Crippen LogP) is 4.58. The summed E-state index contributed by atoms with van der Waals surface area (Å²) in [5.74, 6) is 0.580. The predicted molar refractivity (Wildman–Crippen MR) is 127 cm³/mol. The molecule has 6 nitrogen and oxygen atoms in total. The molecule has 32 heavy (non-hydrogen) atoms. The Morgan fingerprint density at radius 3 is 2.38 bits per heavy atom. The average Bonchev–Trinajstić information content (AvgIpc) is 3.00. The Kier molecular flexibility index (Phi) is 11.8. The third-order valence-electron chi connectivity index (χ3n) is 4.71. The van der Waals surface area contributed by atoms with Gasteiger partial charge in [0.15, 0.2) is 6.29 Å². The van der Waals surface area contributed by atoms with Gasteiger partial charge in [0.2, 0.25) is 0 Å². The first-order chi connectivity index (χ1) is 15.2. The summed E-state index contributed by atoms with van der Waals surface area (Å²) < 4.78 is 15.1. The van der Waals surface area contributed by atoms with Crippen molar-refractivity contribution in [3.05, 3.63) is 77.2 Å². The van der Waals surface area contributed by atoms with Crippen LogP contribution >= 0.6 is 0 Å². The maximum absolute atomic E-state index is 11.1. The molecule has 2 rings (SSSR count). The second-order valence-corrected chi connectivity index (χ2v) is 8.04. The Bertz CT molecular complexity index is 863. The molecule has 0 aliphatic heterocycles. The Morgan fingerprint density at radius 2 is 1.81 bits per heavy atom. The molecule has 0 heterocycles. The first-order valence-electron chi connectivity index (χ1n) is 10.5. The lowest BCUT2D eigenvalue weighted by molar-refractivity contribution is -0.141. The number of carbonyl (C=O) groups is 2. The van der Waals surface area contributed by atoms with Gasteiger partial charge in [-0.05, 0) is 41.5 Å². The Balaban J connectivity index is 0.000000368. The first-order valence-corrected chi connectivity index (χ1v) is 10.5. The zero-order valence-corrected chi connectivity index (χ0v) is 19.7. The highest BCUT2D eigenvalue weighted by atomic mass is 16.5. The molecule has 174 valence electrons. The fourth-order valence-corrected chi connectivity index (χ4v) is 3.04. The monoisotopic (exact) mass is 441 g/mol. The minimum absolute atomic E-state index is 0.0875. The molecule has 0 saturated heterocycles. The van der Waals surface area contributed by atoms with Crippen molar-refractivity contribution in [3.8, 4) is 0 Å². The molecule has 0 aromatic heterocycles. The molecule has 2 N–H and O–H groups in total. The van der Waals surface area contributed by atoms with Gasteiger partial charge in [-0.25, -0.2) is 0 Å². The van der Waals surface area contributed by atoms with E-state index in [1.807, 2.05) is 54.6 Å². The average molecular weight is 442 g/mol. The summed E-state index contributed by atoms with van der Waals surface area (Å²) in [6, 6.07) is 9.66. The molecule has 0 saturated carbocycles. The van der Waals surface area contributed by atoms with Crippen LogP contribution in [0.2, 0.25) is 0 Å². The molecule has 1 aliphatic carbocycles. The lowest BCUT2D eigenvalue weighted by atomic mass is 9.91. The smallest absolute Gasteiger partial charge is 0.302 e. The fraction of sp³-hybridized carbons (Fsp3) is 0.385. The molecule has 1 aliphatic rings. The van der Waals surface area contributed by atoms with Crippen LogP contribution in [0.3, 0.4) is 0 Å². The van der Waals surface area contributed by atoms with Gasteiger partial charge in [0, 0.05) is 19.6 Å². The number of rotatable bonds is 9. The maximum atomic E-state index is 11.1. The highest BCUT2D eigenvalue weighted by Gasteiger charge is 2.17. The molecule has 0 atom stereocenters. The number of nitrogens with two attached hydrogens (primary N) is 1. The number of methoxy groups -OCH3 is 2. The van der Waals surface area contributed by atoms with Crippen LogP contribution in [0.15, 0.2) is 71.7 Å². The summed E-state index contributed by atoms with van der Waals surface area (Å²) in [4.78, 5) is 21.5. The summed E-state index contributed by atoms with van der Waals surface area (Å²) in [6.45, 7) is 6.75. The van der Waals surface area contributed by atoms with Gasteiger partial charge >= 0.3 is 5.97 Å². The van der Waals surface area contributed by atoms with Crippen LogP contribution in [-0.2, 0) is 23.8 Å². The number of aldehydes is 1. The van der Waals surface area contributed by atoms with Crippen LogP contribution < -0.4 is 5.73 Å². The van der Waals surface area contributed by atoms with Crippen molar-refractivity contribution in [2.75, 3.05) is 27.4 Å². The molecule has 0 amide bonds. The van der Waals surface area contributed by atoms with Crippen molar-refractivity contribution in [2.24, 2.45) is 11.1 Å². The van der Waals surface area contributed by atoms with Crippen molar-refractivity contribution in [1.82, 2.24) is 0 Å². The van der Waals surface area contributed by atoms with E-state index in [4.69, 9.17) is 19.9 Å². The fourth-order valence-electron chi connectivity index (χ4n) is 3.04. The summed E-state index contributed by atoms with van der Waals surface area (Å²) in [5.41, 5.74) is 8.80. The number of carbonyl (C=O) groups excluding carboxylic acids is 2. The maximum Gasteiger partial charge on any atom is 0.302 e. The largest absolute Gasteiger partial charge is 0.497 e. The van der Waals surface area contributed by atoms with E-state index in [9.17, 15) is 9.59 Å². The number of esters is 1. The Hall–Kier alpha value is -3.12. The summed E-state index contributed by atoms with van der Waals surface area (Å²) in [6.07, 6.45) is 10.0. The van der Waals surface area contributed by atoms with E-state index in [0.717, 1.165) is 35.3 Å². The van der Waals surface area contributed by atoms with Gasteiger partial charge in [-0.3, -0.25) is 9.59 Å². The molecule has 1 aromatic carbocycles. The minimum Gasteiger partial charge on any atom is -0.497 e. The molecule has 0 unspecified atom stereocenters. The van der Waals surface area contributed by atoms with E-state index in [0.29, 0.717) is 19.5 Å². The van der Waals surface area contributed by atoms with E-state index in [2.05, 4.69) is 13.8 Å². The number of benzene rings is 1. The number of ether oxygens (including phenoxy) is 3. The van der Waals surface area contributed by atoms with Crippen LogP contribution in [-0.4, -0.2) is 39.7 Å². The second-order valence-electron chi connectivity index (χ2n) is 8.04. The minimum atomic E-state index is -0.219. The molecule has 0 bridgehead atoms. The third-order valence-corrected chi connectivity index (χ3v) is 4.71. The normalized spacial score (nSPS) is 14.0. The molecule has 1 aromatic rings. The zero-order chi connectivity index (χ0) is 24.0. The van der Waals surface area contributed by atoms with Gasteiger partial charge in [0.1, 0.15) is 5.76 Å². The summed E-state index contributed by atoms with van der Waals surface area (Å²) in [5, 5.41) is 0. The topological polar surface area (TPSA) is 87.8 Å². The van der Waals surface area contributed by atoms with E-state index in [-0.39, 0.29) is 17.1 Å². The third kappa shape index (κ3) is 9.79. The molecular weight excluding hydrogens is 406 g/mol. The van der Waals surface area contributed by atoms with Gasteiger partial charge in [-0.15, -0.1) is 0 Å². The van der Waals surface area contributed by atoms with Crippen LogP contribution in [0.5, 0.6) is 0 Å². The first kappa shape index (κ1) is 26.9. The van der Waals surface area contributed by atoms with Crippen LogP contribution in [0, 0.1) is 5.41 Å². The Morgan fingerprint density at radius 1 is 1.12 bits per heavy atom. The van der Waals surface area contributed by atoms with Gasteiger partial charge in [-0.2, -0.15) is 0 Å². The van der Waals surface area contributed by atoms with Crippen molar-refractivity contribution in [1.29, 1.82) is 0 Å². The summed E-state index contributed by atoms with van der Waals surface area (Å²) >= 11 is 0. The highest BCUT2D eigenvalue weighted by Crippen LogP contribution is 2.28. The van der Waals surface area contributed by atoms with Crippen molar-refractivity contribution < 1.29 is 23.8 Å². The highest BCUT2D eigenvalue weighted by molar-refractivity contribution is 5.95. The van der Waals surface area contributed by atoms with Gasteiger partial charge < -0.3 is 19.9 Å². The quantitative estimate of drug-likeness (QED) is 0.343. The molecule has 0 spiro atoms. The molecule has 6 heteroatoms. The Labute approximate surface area is 191 Å². The SMILES string of the molecule is COC1=CCC=C(/C(=C(/N)C=O)c2ccccc2)C=C1.COCC(C)(C)CCOC(C)=O. The zero-order valence-electron chi connectivity index (χ0n) is 19.7. The van der Waals surface area contributed by atoms with E-state index < -0.39 is 0 Å². The lowest BCUT2D eigenvalue weighted by Crippen LogP contribution is -2.21. The number of hydrogen-bond donors (Lipinski definition) is 1. The molecular formula is C26H35NO5. The van der Waals surface area contributed by atoms with E-state index >= 15 is 0 Å². The van der Waals surface area contributed by atoms with Crippen molar-refractivity contribution >= 4 is 17.8 Å². The molecule has 0 fully saturated rings. The number of allylic oxidation sites excluding steroid dienone is 7. The second kappa shape index (κ2) is 14.0. The van der Waals surface area contributed by atoms with Crippen LogP contribution in [0.4, 0.5) is 0 Å². The number of hydrogen-bond acceptors (Lipinski definition) is 6. The van der Waals surface area contributed by atoms with Crippen LogP contribution in [0.1, 0.15) is 39.2 Å². The van der Waals surface area contributed by atoms with E-state index in [1.165, 1.54) is 6.92 Å². The van der Waals surface area contributed by atoms with Gasteiger partial charge in [0.25, 0.3) is 0 Å². The standard InChI is InChI=1S/C17H17NO2.C9H18O3/c1-20-15-9-5-8-14(10-11-15)17(16(18)12-19)13-6-3-2-4-7-13;1-8(10)12-6-5-9(2,3)7-11-4/h2-4,6-12H,5,18H2,1H3;5-7H2,1-4H3/b17-16+;. The summed E-state index contributed by atoms with van der Waals surface area (Å²) in [7, 11) is 3.31. The van der Waals surface area contributed by atoms with Gasteiger partial charge in [0.05, 0.1) is 26.0 Å². The van der Waals surface area contributed by atoms with Crippen molar-refractivity contribution in [2.45, 2.75) is 33.6 Å². The van der Waals surface area contributed by atoms with Gasteiger partial charge in [-0.1, -0.05) is 56.3 Å². The van der Waals surface area contributed by atoms with E-state index in [1.54, 1.807) is 14.2 Å².